The molecule has 1 aliphatic rings. The zero-order chi connectivity index (χ0) is 24.0. The molecule has 1 aliphatic heterocycles. The van der Waals surface area contributed by atoms with Crippen LogP contribution in [-0.4, -0.2) is 41.4 Å². The van der Waals surface area contributed by atoms with E-state index in [9.17, 15) is 10.2 Å². The van der Waals surface area contributed by atoms with Crippen molar-refractivity contribution in [2.24, 2.45) is 0 Å². The second kappa shape index (κ2) is 10.8. The third-order valence-electron chi connectivity index (χ3n) is 6.97. The van der Waals surface area contributed by atoms with Crippen LogP contribution >= 0.6 is 0 Å². The molecule has 0 bridgehead atoms. The molecule has 0 spiro atoms. The Morgan fingerprint density at radius 2 is 1.43 bits per heavy atom. The van der Waals surface area contributed by atoms with Gasteiger partial charge in [-0.3, -0.25) is 4.90 Å². The normalized spacial score (nSPS) is 14.6. The SMILES string of the molecule is Oc1ccc(-c2ccc3cc(O)ccc3c2Cc2ccc(OCCN3CCCCCC3)cc2)cc1. The van der Waals surface area contributed by atoms with E-state index in [0.29, 0.717) is 0 Å². The maximum absolute atomic E-state index is 9.98. The monoisotopic (exact) mass is 467 g/mol. The molecule has 0 aromatic heterocycles. The van der Waals surface area contributed by atoms with Gasteiger partial charge in [-0.2, -0.15) is 0 Å². The van der Waals surface area contributed by atoms with Crippen molar-refractivity contribution in [3.05, 3.63) is 90.0 Å². The molecule has 1 fully saturated rings. The number of ether oxygens (including phenoxy) is 1. The van der Waals surface area contributed by atoms with Gasteiger partial charge in [0.1, 0.15) is 23.9 Å². The van der Waals surface area contributed by atoms with E-state index in [1.165, 1.54) is 49.9 Å². The molecule has 180 valence electrons. The first-order chi connectivity index (χ1) is 17.2. The number of fused-ring (bicyclic) bond motifs is 1. The molecular weight excluding hydrogens is 434 g/mol. The lowest BCUT2D eigenvalue weighted by Gasteiger charge is -2.19. The lowest BCUT2D eigenvalue weighted by molar-refractivity contribution is 0.214. The van der Waals surface area contributed by atoms with Gasteiger partial charge in [0.05, 0.1) is 0 Å². The minimum absolute atomic E-state index is 0.257. The summed E-state index contributed by atoms with van der Waals surface area (Å²) in [7, 11) is 0. The minimum Gasteiger partial charge on any atom is -0.508 e. The van der Waals surface area contributed by atoms with Crippen molar-refractivity contribution in [1.82, 2.24) is 4.90 Å². The highest BCUT2D eigenvalue weighted by atomic mass is 16.5. The van der Waals surface area contributed by atoms with Gasteiger partial charge in [0.25, 0.3) is 0 Å². The van der Waals surface area contributed by atoms with Crippen LogP contribution in [0.5, 0.6) is 17.2 Å². The van der Waals surface area contributed by atoms with Gasteiger partial charge in [0.15, 0.2) is 0 Å². The van der Waals surface area contributed by atoms with Crippen molar-refractivity contribution < 1.29 is 14.9 Å². The number of rotatable bonds is 7. The number of likely N-dealkylation sites (tertiary alicyclic amines) is 1. The van der Waals surface area contributed by atoms with E-state index in [4.69, 9.17) is 4.74 Å². The van der Waals surface area contributed by atoms with Gasteiger partial charge in [0.2, 0.25) is 0 Å². The van der Waals surface area contributed by atoms with Gasteiger partial charge in [0, 0.05) is 6.54 Å². The van der Waals surface area contributed by atoms with E-state index in [1.54, 1.807) is 24.3 Å². The van der Waals surface area contributed by atoms with Crippen LogP contribution in [0.15, 0.2) is 78.9 Å². The molecule has 5 rings (SSSR count). The number of benzene rings is 4. The summed E-state index contributed by atoms with van der Waals surface area (Å²) in [5.74, 6) is 1.43. The molecule has 0 unspecified atom stereocenters. The third-order valence-corrected chi connectivity index (χ3v) is 6.97. The topological polar surface area (TPSA) is 52.9 Å². The highest BCUT2D eigenvalue weighted by molar-refractivity contribution is 5.93. The molecule has 0 radical (unpaired) electrons. The Balaban J connectivity index is 1.34. The van der Waals surface area contributed by atoms with Gasteiger partial charge in [-0.1, -0.05) is 55.3 Å². The van der Waals surface area contributed by atoms with Gasteiger partial charge < -0.3 is 14.9 Å². The summed E-state index contributed by atoms with van der Waals surface area (Å²) >= 11 is 0. The number of aromatic hydroxyl groups is 2. The summed E-state index contributed by atoms with van der Waals surface area (Å²) in [5, 5.41) is 21.9. The van der Waals surface area contributed by atoms with Crippen molar-refractivity contribution in [3.63, 3.8) is 0 Å². The Morgan fingerprint density at radius 3 is 2.17 bits per heavy atom. The summed E-state index contributed by atoms with van der Waals surface area (Å²) < 4.78 is 6.05. The standard InChI is InChI=1S/C31H33NO3/c33-26-10-7-24(8-11-26)29-15-9-25-22-27(34)12-16-30(25)31(29)21-23-5-13-28(14-6-23)35-20-19-32-17-3-1-2-4-18-32/h5-16,22,33-34H,1-4,17-21H2. The van der Waals surface area contributed by atoms with Crippen LogP contribution in [0.25, 0.3) is 21.9 Å². The molecule has 0 aliphatic carbocycles. The number of phenolic OH excluding ortho intramolecular Hbond substituents is 2. The maximum atomic E-state index is 9.98. The van der Waals surface area contributed by atoms with E-state index in [-0.39, 0.29) is 11.5 Å². The van der Waals surface area contributed by atoms with Crippen molar-refractivity contribution in [3.8, 4) is 28.4 Å². The first-order valence-corrected chi connectivity index (χ1v) is 12.6. The molecular formula is C31H33NO3. The fourth-order valence-corrected chi connectivity index (χ4v) is 5.04. The molecule has 4 nitrogen and oxygen atoms in total. The van der Waals surface area contributed by atoms with E-state index >= 15 is 0 Å². The van der Waals surface area contributed by atoms with Gasteiger partial charge >= 0.3 is 0 Å². The number of phenols is 2. The van der Waals surface area contributed by atoms with Crippen LogP contribution in [0.4, 0.5) is 0 Å². The van der Waals surface area contributed by atoms with E-state index in [0.717, 1.165) is 47.2 Å². The van der Waals surface area contributed by atoms with Crippen molar-refractivity contribution in [2.45, 2.75) is 32.1 Å². The van der Waals surface area contributed by atoms with Crippen molar-refractivity contribution in [1.29, 1.82) is 0 Å². The first-order valence-electron chi connectivity index (χ1n) is 12.6. The summed E-state index contributed by atoms with van der Waals surface area (Å²) in [6.07, 6.45) is 6.06. The molecule has 0 saturated carbocycles. The zero-order valence-electron chi connectivity index (χ0n) is 20.1. The molecule has 35 heavy (non-hydrogen) atoms. The summed E-state index contributed by atoms with van der Waals surface area (Å²) in [5.41, 5.74) is 4.58. The molecule has 1 heterocycles. The smallest absolute Gasteiger partial charge is 0.119 e. The predicted molar refractivity (Wildman–Crippen MR) is 142 cm³/mol. The van der Waals surface area contributed by atoms with E-state index in [1.807, 2.05) is 24.3 Å². The van der Waals surface area contributed by atoms with Crippen LogP contribution in [-0.2, 0) is 6.42 Å². The van der Waals surface area contributed by atoms with E-state index in [2.05, 4.69) is 35.2 Å². The Bertz CT molecular complexity index is 1260. The quantitative estimate of drug-likeness (QED) is 0.315. The van der Waals surface area contributed by atoms with Crippen LogP contribution in [0.1, 0.15) is 36.8 Å². The fourth-order valence-electron chi connectivity index (χ4n) is 5.04. The first kappa shape index (κ1) is 23.3. The second-order valence-electron chi connectivity index (χ2n) is 9.47. The average molecular weight is 468 g/mol. The van der Waals surface area contributed by atoms with Gasteiger partial charge in [-0.15, -0.1) is 0 Å². The van der Waals surface area contributed by atoms with E-state index < -0.39 is 0 Å². The highest BCUT2D eigenvalue weighted by Crippen LogP contribution is 2.34. The molecule has 4 aromatic carbocycles. The lowest BCUT2D eigenvalue weighted by atomic mass is 9.90. The Kier molecular flexibility index (Phi) is 7.20. The van der Waals surface area contributed by atoms with Crippen LogP contribution in [0.3, 0.4) is 0 Å². The molecule has 0 amide bonds. The molecule has 4 heteroatoms. The van der Waals surface area contributed by atoms with Crippen LogP contribution in [0.2, 0.25) is 0 Å². The largest absolute Gasteiger partial charge is 0.508 e. The number of hydrogen-bond donors (Lipinski definition) is 2. The third kappa shape index (κ3) is 5.77. The second-order valence-corrected chi connectivity index (χ2v) is 9.47. The summed E-state index contributed by atoms with van der Waals surface area (Å²) in [4.78, 5) is 2.52. The Labute approximate surface area is 207 Å². The van der Waals surface area contributed by atoms with Gasteiger partial charge in [-0.05, 0) is 102 Å². The maximum Gasteiger partial charge on any atom is 0.119 e. The summed E-state index contributed by atoms with van der Waals surface area (Å²) in [6.45, 7) is 4.08. The predicted octanol–water partition coefficient (Wildman–Crippen LogP) is 6.76. The average Bonchev–Trinajstić information content (AvgIpc) is 3.15. The number of nitrogens with zero attached hydrogens (tertiary/aromatic N) is 1. The van der Waals surface area contributed by atoms with Crippen molar-refractivity contribution >= 4 is 10.8 Å². The van der Waals surface area contributed by atoms with Gasteiger partial charge in [-0.25, -0.2) is 0 Å². The molecule has 1 saturated heterocycles. The molecule has 4 aromatic rings. The highest BCUT2D eigenvalue weighted by Gasteiger charge is 2.12. The number of hydrogen-bond acceptors (Lipinski definition) is 4. The fraction of sp³-hybridized carbons (Fsp3) is 0.290. The zero-order valence-corrected chi connectivity index (χ0v) is 20.1. The summed E-state index contributed by atoms with van der Waals surface area (Å²) in [6, 6.07) is 25.4. The van der Waals surface area contributed by atoms with Crippen LogP contribution < -0.4 is 4.74 Å². The minimum atomic E-state index is 0.257. The molecule has 2 N–H and O–H groups in total. The molecule has 0 atom stereocenters. The lowest BCUT2D eigenvalue weighted by Crippen LogP contribution is -2.29. The van der Waals surface area contributed by atoms with Crippen molar-refractivity contribution in [2.75, 3.05) is 26.2 Å². The Hall–Kier alpha value is -3.50. The van der Waals surface area contributed by atoms with Crippen LogP contribution in [0, 0.1) is 0 Å². The Morgan fingerprint density at radius 1 is 0.714 bits per heavy atom.